The van der Waals surface area contributed by atoms with Gasteiger partial charge in [-0.2, -0.15) is 0 Å². The molecule has 0 radical (unpaired) electrons. The Labute approximate surface area is 115 Å². The van der Waals surface area contributed by atoms with Gasteiger partial charge in [0.25, 0.3) is 5.91 Å². The lowest BCUT2D eigenvalue weighted by molar-refractivity contribution is 0.0953. The molecule has 1 aromatic carbocycles. The van der Waals surface area contributed by atoms with Crippen molar-refractivity contribution in [2.75, 3.05) is 18.9 Å². The lowest BCUT2D eigenvalue weighted by atomic mass is 10.1. The quantitative estimate of drug-likeness (QED) is 0.744. The van der Waals surface area contributed by atoms with Crippen molar-refractivity contribution in [3.05, 3.63) is 23.8 Å². The number of amides is 1. The zero-order valence-electron chi connectivity index (χ0n) is 12.0. The molecular formula is C15H24N2O2. The molecule has 106 valence electrons. The molecule has 0 saturated heterocycles. The van der Waals surface area contributed by atoms with Crippen LogP contribution in [0, 0.1) is 5.92 Å². The summed E-state index contributed by atoms with van der Waals surface area (Å²) >= 11 is 0. The molecule has 0 fully saturated rings. The fourth-order valence-corrected chi connectivity index (χ4v) is 1.55. The van der Waals surface area contributed by atoms with E-state index >= 15 is 0 Å². The SMILES string of the molecule is CCCNC(=O)c1ccc(N)c(OCCC(C)C)c1. The highest BCUT2D eigenvalue weighted by molar-refractivity contribution is 5.95. The normalized spacial score (nSPS) is 10.5. The number of hydrogen-bond acceptors (Lipinski definition) is 3. The second-order valence-corrected chi connectivity index (χ2v) is 5.04. The first-order chi connectivity index (χ1) is 9.04. The molecule has 19 heavy (non-hydrogen) atoms. The topological polar surface area (TPSA) is 64.4 Å². The molecule has 1 aromatic rings. The lowest BCUT2D eigenvalue weighted by Crippen LogP contribution is -2.24. The number of nitrogens with two attached hydrogens (primary N) is 1. The molecule has 0 aliphatic carbocycles. The fourth-order valence-electron chi connectivity index (χ4n) is 1.55. The van der Waals surface area contributed by atoms with Gasteiger partial charge in [-0.1, -0.05) is 20.8 Å². The number of rotatable bonds is 7. The monoisotopic (exact) mass is 264 g/mol. The summed E-state index contributed by atoms with van der Waals surface area (Å²) in [6.07, 6.45) is 1.88. The number of nitrogen functional groups attached to an aromatic ring is 1. The van der Waals surface area contributed by atoms with Gasteiger partial charge >= 0.3 is 0 Å². The maximum atomic E-state index is 11.8. The van der Waals surface area contributed by atoms with E-state index in [2.05, 4.69) is 19.2 Å². The molecule has 3 N–H and O–H groups in total. The summed E-state index contributed by atoms with van der Waals surface area (Å²) in [5.74, 6) is 1.08. The molecule has 0 aliphatic rings. The zero-order chi connectivity index (χ0) is 14.3. The van der Waals surface area contributed by atoms with Crippen molar-refractivity contribution < 1.29 is 9.53 Å². The molecule has 0 aliphatic heterocycles. The number of carbonyl (C=O) groups is 1. The van der Waals surface area contributed by atoms with Gasteiger partial charge in [-0.05, 0) is 37.0 Å². The molecule has 1 amide bonds. The van der Waals surface area contributed by atoms with Gasteiger partial charge in [-0.15, -0.1) is 0 Å². The zero-order valence-corrected chi connectivity index (χ0v) is 12.0. The second-order valence-electron chi connectivity index (χ2n) is 5.04. The van der Waals surface area contributed by atoms with Gasteiger partial charge < -0.3 is 15.8 Å². The number of anilines is 1. The molecule has 0 spiro atoms. The number of benzene rings is 1. The van der Waals surface area contributed by atoms with Crippen LogP contribution in [0.5, 0.6) is 5.75 Å². The van der Waals surface area contributed by atoms with Gasteiger partial charge in [0.1, 0.15) is 5.75 Å². The van der Waals surface area contributed by atoms with Crippen molar-refractivity contribution in [3.8, 4) is 5.75 Å². The molecule has 0 atom stereocenters. The largest absolute Gasteiger partial charge is 0.491 e. The second kappa shape index (κ2) is 7.67. The van der Waals surface area contributed by atoms with Crippen molar-refractivity contribution in [3.63, 3.8) is 0 Å². The number of hydrogen-bond donors (Lipinski definition) is 2. The van der Waals surface area contributed by atoms with E-state index in [1.165, 1.54) is 0 Å². The summed E-state index contributed by atoms with van der Waals surface area (Å²) in [6.45, 7) is 7.58. The van der Waals surface area contributed by atoms with Crippen LogP contribution in [0.3, 0.4) is 0 Å². The van der Waals surface area contributed by atoms with Crippen LogP contribution in [0.15, 0.2) is 18.2 Å². The average Bonchev–Trinajstić information content (AvgIpc) is 2.37. The van der Waals surface area contributed by atoms with Crippen molar-refractivity contribution in [1.82, 2.24) is 5.32 Å². The fraction of sp³-hybridized carbons (Fsp3) is 0.533. The Morgan fingerprint density at radius 1 is 1.42 bits per heavy atom. The van der Waals surface area contributed by atoms with Crippen LogP contribution in [-0.2, 0) is 0 Å². The van der Waals surface area contributed by atoms with Crippen LogP contribution >= 0.6 is 0 Å². The Kier molecular flexibility index (Phi) is 6.19. The van der Waals surface area contributed by atoms with Crippen LogP contribution in [0.4, 0.5) is 5.69 Å². The maximum absolute atomic E-state index is 11.8. The molecule has 0 saturated carbocycles. The Morgan fingerprint density at radius 3 is 2.79 bits per heavy atom. The molecular weight excluding hydrogens is 240 g/mol. The highest BCUT2D eigenvalue weighted by Gasteiger charge is 2.09. The molecule has 1 rings (SSSR count). The third-order valence-corrected chi connectivity index (χ3v) is 2.76. The minimum atomic E-state index is -0.0874. The molecule has 0 aromatic heterocycles. The first kappa shape index (κ1) is 15.3. The summed E-state index contributed by atoms with van der Waals surface area (Å²) in [4.78, 5) is 11.8. The van der Waals surface area contributed by atoms with Gasteiger partial charge in [-0.3, -0.25) is 4.79 Å². The van der Waals surface area contributed by atoms with E-state index in [9.17, 15) is 4.79 Å². The lowest BCUT2D eigenvalue weighted by Gasteiger charge is -2.12. The summed E-state index contributed by atoms with van der Waals surface area (Å²) in [5.41, 5.74) is 7.00. The average molecular weight is 264 g/mol. The van der Waals surface area contributed by atoms with E-state index in [0.717, 1.165) is 12.8 Å². The number of ether oxygens (including phenoxy) is 1. The highest BCUT2D eigenvalue weighted by atomic mass is 16.5. The van der Waals surface area contributed by atoms with Gasteiger partial charge in [0.05, 0.1) is 12.3 Å². The van der Waals surface area contributed by atoms with E-state index < -0.39 is 0 Å². The van der Waals surface area contributed by atoms with E-state index in [1.54, 1.807) is 18.2 Å². The van der Waals surface area contributed by atoms with E-state index in [-0.39, 0.29) is 5.91 Å². The molecule has 0 bridgehead atoms. The van der Waals surface area contributed by atoms with Crippen molar-refractivity contribution >= 4 is 11.6 Å². The van der Waals surface area contributed by atoms with Crippen molar-refractivity contribution in [2.45, 2.75) is 33.6 Å². The van der Waals surface area contributed by atoms with Crippen molar-refractivity contribution in [2.24, 2.45) is 5.92 Å². The maximum Gasteiger partial charge on any atom is 0.251 e. The van der Waals surface area contributed by atoms with Gasteiger partial charge in [0, 0.05) is 12.1 Å². The smallest absolute Gasteiger partial charge is 0.251 e. The number of nitrogens with one attached hydrogen (secondary N) is 1. The Balaban J connectivity index is 2.68. The van der Waals surface area contributed by atoms with Crippen molar-refractivity contribution in [1.29, 1.82) is 0 Å². The first-order valence-electron chi connectivity index (χ1n) is 6.85. The van der Waals surface area contributed by atoms with Crippen LogP contribution < -0.4 is 15.8 Å². The van der Waals surface area contributed by atoms with Gasteiger partial charge in [-0.25, -0.2) is 0 Å². The summed E-state index contributed by atoms with van der Waals surface area (Å²) in [6, 6.07) is 5.14. The molecule has 0 heterocycles. The molecule has 4 heteroatoms. The van der Waals surface area contributed by atoms with Crippen LogP contribution in [-0.4, -0.2) is 19.1 Å². The number of carbonyl (C=O) groups excluding carboxylic acids is 1. The molecule has 0 unspecified atom stereocenters. The first-order valence-corrected chi connectivity index (χ1v) is 6.85. The van der Waals surface area contributed by atoms with Crippen LogP contribution in [0.1, 0.15) is 44.0 Å². The third kappa shape index (κ3) is 5.20. The Morgan fingerprint density at radius 2 is 2.16 bits per heavy atom. The van der Waals surface area contributed by atoms with E-state index in [1.807, 2.05) is 6.92 Å². The van der Waals surface area contributed by atoms with Crippen LogP contribution in [0.2, 0.25) is 0 Å². The highest BCUT2D eigenvalue weighted by Crippen LogP contribution is 2.23. The standard InChI is InChI=1S/C15H24N2O2/c1-4-8-17-15(18)12-5-6-13(16)14(10-12)19-9-7-11(2)3/h5-6,10-11H,4,7-9,16H2,1-3H3,(H,17,18). The predicted molar refractivity (Wildman–Crippen MR) is 78.4 cm³/mol. The Bertz CT molecular complexity index is 417. The predicted octanol–water partition coefficient (Wildman–Crippen LogP) is 2.83. The van der Waals surface area contributed by atoms with E-state index in [0.29, 0.717) is 36.1 Å². The summed E-state index contributed by atoms with van der Waals surface area (Å²) in [5, 5.41) is 2.83. The van der Waals surface area contributed by atoms with Crippen LogP contribution in [0.25, 0.3) is 0 Å². The Hall–Kier alpha value is -1.71. The van der Waals surface area contributed by atoms with E-state index in [4.69, 9.17) is 10.5 Å². The summed E-state index contributed by atoms with van der Waals surface area (Å²) < 4.78 is 5.64. The minimum absolute atomic E-state index is 0.0874. The third-order valence-electron chi connectivity index (χ3n) is 2.76. The summed E-state index contributed by atoms with van der Waals surface area (Å²) in [7, 11) is 0. The van der Waals surface area contributed by atoms with Gasteiger partial charge in [0.15, 0.2) is 0 Å². The minimum Gasteiger partial charge on any atom is -0.491 e. The van der Waals surface area contributed by atoms with Gasteiger partial charge in [0.2, 0.25) is 0 Å². The molecule has 4 nitrogen and oxygen atoms in total.